The standard InChI is InChI=1S/C20H24ClFN6O3S/c1-28-18(23)16(19(29)25-13-2-3-15(22)14(21)6-13)17(26-28)10-4-11-7-20(8-12(11)5-10)9-24-32(30,31)27-20/h2-3,6,10-12,24,27H,4-5,7-9,23H2,1H3,(H,25,29). The summed E-state index contributed by atoms with van der Waals surface area (Å²) >= 11 is 5.82. The molecule has 1 saturated heterocycles. The Labute approximate surface area is 190 Å². The summed E-state index contributed by atoms with van der Waals surface area (Å²) in [4.78, 5) is 13.1. The number of aryl methyl sites for hydroxylation is 1. The van der Waals surface area contributed by atoms with Crippen molar-refractivity contribution in [1.29, 1.82) is 0 Å². The predicted octanol–water partition coefficient (Wildman–Crippen LogP) is 2.13. The molecule has 2 aromatic rings. The minimum Gasteiger partial charge on any atom is -0.383 e. The zero-order valence-electron chi connectivity index (χ0n) is 17.4. The molecule has 9 nitrogen and oxygen atoms in total. The van der Waals surface area contributed by atoms with Crippen molar-refractivity contribution in [3.05, 3.63) is 40.3 Å². The summed E-state index contributed by atoms with van der Waals surface area (Å²) in [7, 11) is -1.72. The highest BCUT2D eigenvalue weighted by molar-refractivity contribution is 7.87. The Hall–Kier alpha value is -2.21. The number of hydrogen-bond donors (Lipinski definition) is 4. The summed E-state index contributed by atoms with van der Waals surface area (Å²) < 4.78 is 43.9. The number of amides is 1. The number of nitrogens with one attached hydrogen (secondary N) is 3. The number of nitrogens with zero attached hydrogens (tertiary/aromatic N) is 2. The van der Waals surface area contributed by atoms with Crippen LogP contribution in [-0.4, -0.2) is 36.2 Å². The number of nitrogen functional groups attached to an aromatic ring is 1. The van der Waals surface area contributed by atoms with Gasteiger partial charge in [0, 0.05) is 30.7 Å². The number of anilines is 2. The largest absolute Gasteiger partial charge is 0.383 e. The van der Waals surface area contributed by atoms with Gasteiger partial charge in [-0.3, -0.25) is 9.48 Å². The maximum atomic E-state index is 13.4. The van der Waals surface area contributed by atoms with Crippen LogP contribution in [0.3, 0.4) is 0 Å². The van der Waals surface area contributed by atoms with E-state index in [2.05, 4.69) is 19.9 Å². The highest BCUT2D eigenvalue weighted by Crippen LogP contribution is 2.54. The van der Waals surface area contributed by atoms with Crippen molar-refractivity contribution in [2.24, 2.45) is 18.9 Å². The fourth-order valence-electron chi connectivity index (χ4n) is 5.68. The van der Waals surface area contributed by atoms with Gasteiger partial charge in [-0.15, -0.1) is 0 Å². The van der Waals surface area contributed by atoms with E-state index < -0.39 is 27.5 Å². The molecule has 0 bridgehead atoms. The average molecular weight is 483 g/mol. The summed E-state index contributed by atoms with van der Waals surface area (Å²) in [5.74, 6) is 0.00693. The molecule has 172 valence electrons. The number of carbonyl (C=O) groups excluding carboxylic acids is 1. The first-order valence-corrected chi connectivity index (χ1v) is 12.3. The smallest absolute Gasteiger partial charge is 0.277 e. The molecule has 2 saturated carbocycles. The van der Waals surface area contributed by atoms with Crippen LogP contribution < -0.4 is 20.5 Å². The van der Waals surface area contributed by atoms with Gasteiger partial charge in [-0.25, -0.2) is 9.11 Å². The van der Waals surface area contributed by atoms with Crippen LogP contribution in [0.15, 0.2) is 18.2 Å². The topological polar surface area (TPSA) is 131 Å². The van der Waals surface area contributed by atoms with Crippen LogP contribution in [0, 0.1) is 17.7 Å². The first-order valence-electron chi connectivity index (χ1n) is 10.4. The quantitative estimate of drug-likeness (QED) is 0.532. The summed E-state index contributed by atoms with van der Waals surface area (Å²) in [5.41, 5.74) is 7.10. The minimum atomic E-state index is -3.41. The Bertz CT molecular complexity index is 1200. The SMILES string of the molecule is Cn1nc(C2CC3CC4(CNS(=O)(=O)N4)CC3C2)c(C(=O)Nc2ccc(F)c(Cl)c2)c1N. The van der Waals surface area contributed by atoms with Gasteiger partial charge < -0.3 is 11.1 Å². The Morgan fingerprint density at radius 2 is 2.03 bits per heavy atom. The van der Waals surface area contributed by atoms with Gasteiger partial charge in [-0.1, -0.05) is 11.6 Å². The van der Waals surface area contributed by atoms with Gasteiger partial charge in [0.25, 0.3) is 16.1 Å². The lowest BCUT2D eigenvalue weighted by Gasteiger charge is -2.23. The Morgan fingerprint density at radius 1 is 1.34 bits per heavy atom. The van der Waals surface area contributed by atoms with Crippen molar-refractivity contribution in [3.8, 4) is 0 Å². The van der Waals surface area contributed by atoms with Crippen LogP contribution in [0.4, 0.5) is 15.9 Å². The van der Waals surface area contributed by atoms with Crippen LogP contribution in [0.25, 0.3) is 0 Å². The third-order valence-corrected chi connectivity index (χ3v) is 8.52. The molecule has 1 aliphatic heterocycles. The zero-order valence-corrected chi connectivity index (χ0v) is 18.9. The Morgan fingerprint density at radius 3 is 2.62 bits per heavy atom. The number of halogens is 2. The Kier molecular flexibility index (Phi) is 5.01. The molecular weight excluding hydrogens is 459 g/mol. The third-order valence-electron chi connectivity index (χ3n) is 7.01. The number of aromatic nitrogens is 2. The molecule has 1 amide bonds. The zero-order chi connectivity index (χ0) is 22.8. The lowest BCUT2D eigenvalue weighted by molar-refractivity contribution is 0.102. The van der Waals surface area contributed by atoms with Crippen LogP contribution >= 0.6 is 11.6 Å². The van der Waals surface area contributed by atoms with Crippen LogP contribution in [0.1, 0.15) is 47.7 Å². The summed E-state index contributed by atoms with van der Waals surface area (Å²) in [6.45, 7) is 0.414. The van der Waals surface area contributed by atoms with Gasteiger partial charge >= 0.3 is 0 Å². The first-order chi connectivity index (χ1) is 15.1. The molecule has 2 atom stereocenters. The van der Waals surface area contributed by atoms with Gasteiger partial charge in [-0.05, 0) is 55.7 Å². The maximum Gasteiger partial charge on any atom is 0.277 e. The van der Waals surface area contributed by atoms with Crippen molar-refractivity contribution in [1.82, 2.24) is 19.2 Å². The van der Waals surface area contributed by atoms with Crippen LogP contribution in [0.2, 0.25) is 5.02 Å². The summed E-state index contributed by atoms with van der Waals surface area (Å²) in [6, 6.07) is 3.96. The van der Waals surface area contributed by atoms with E-state index in [4.69, 9.17) is 17.3 Å². The molecule has 2 heterocycles. The molecule has 3 aliphatic rings. The number of rotatable bonds is 3. The molecule has 0 radical (unpaired) electrons. The van der Waals surface area contributed by atoms with E-state index in [1.165, 1.54) is 22.9 Å². The van der Waals surface area contributed by atoms with Crippen molar-refractivity contribution in [2.45, 2.75) is 37.1 Å². The van der Waals surface area contributed by atoms with Crippen LogP contribution in [0.5, 0.6) is 0 Å². The van der Waals surface area contributed by atoms with E-state index in [0.717, 1.165) is 25.7 Å². The molecule has 32 heavy (non-hydrogen) atoms. The molecule has 1 spiro atoms. The van der Waals surface area contributed by atoms with E-state index in [0.29, 0.717) is 35.3 Å². The number of nitrogens with two attached hydrogens (primary N) is 1. The fraction of sp³-hybridized carbons (Fsp3) is 0.500. The molecule has 12 heteroatoms. The van der Waals surface area contributed by atoms with Gasteiger partial charge in [0.15, 0.2) is 0 Å². The maximum absolute atomic E-state index is 13.4. The fourth-order valence-corrected chi connectivity index (χ4v) is 7.21. The molecule has 1 aromatic heterocycles. The molecule has 1 aromatic carbocycles. The third kappa shape index (κ3) is 3.66. The minimum absolute atomic E-state index is 0.0503. The normalized spacial score (nSPS) is 30.7. The molecule has 2 unspecified atom stereocenters. The first kappa shape index (κ1) is 21.6. The lowest BCUT2D eigenvalue weighted by Crippen LogP contribution is -2.41. The Balaban J connectivity index is 1.35. The summed E-state index contributed by atoms with van der Waals surface area (Å²) in [5, 5.41) is 7.20. The molecular formula is C20H24ClFN6O3S. The number of benzene rings is 1. The summed E-state index contributed by atoms with van der Waals surface area (Å²) in [6.07, 6.45) is 3.15. The molecule has 5 rings (SSSR count). The predicted molar refractivity (Wildman–Crippen MR) is 118 cm³/mol. The van der Waals surface area contributed by atoms with Gasteiger partial charge in [0.2, 0.25) is 0 Å². The highest BCUT2D eigenvalue weighted by Gasteiger charge is 2.54. The van der Waals surface area contributed by atoms with Crippen molar-refractivity contribution < 1.29 is 17.6 Å². The lowest BCUT2D eigenvalue weighted by atomic mass is 9.90. The second kappa shape index (κ2) is 7.41. The van der Waals surface area contributed by atoms with Crippen molar-refractivity contribution >= 4 is 39.2 Å². The second-order valence-electron chi connectivity index (χ2n) is 9.16. The van der Waals surface area contributed by atoms with E-state index in [-0.39, 0.29) is 16.8 Å². The molecule has 5 N–H and O–H groups in total. The van der Waals surface area contributed by atoms with E-state index >= 15 is 0 Å². The second-order valence-corrected chi connectivity index (χ2v) is 11.1. The number of hydrogen-bond acceptors (Lipinski definition) is 5. The molecule has 2 aliphatic carbocycles. The number of fused-ring (bicyclic) bond motifs is 1. The van der Waals surface area contributed by atoms with Crippen LogP contribution in [-0.2, 0) is 17.3 Å². The molecule has 3 fully saturated rings. The van der Waals surface area contributed by atoms with Gasteiger partial charge in [0.05, 0.1) is 10.7 Å². The number of carbonyl (C=O) groups is 1. The average Bonchev–Trinajstić information content (AvgIpc) is 3.40. The van der Waals surface area contributed by atoms with E-state index in [1.807, 2.05) is 0 Å². The highest BCUT2D eigenvalue weighted by atomic mass is 35.5. The monoisotopic (exact) mass is 482 g/mol. The van der Waals surface area contributed by atoms with Gasteiger partial charge in [-0.2, -0.15) is 18.2 Å². The van der Waals surface area contributed by atoms with Crippen molar-refractivity contribution in [2.75, 3.05) is 17.6 Å². The van der Waals surface area contributed by atoms with E-state index in [9.17, 15) is 17.6 Å². The van der Waals surface area contributed by atoms with Gasteiger partial charge in [0.1, 0.15) is 17.2 Å². The van der Waals surface area contributed by atoms with E-state index in [1.54, 1.807) is 7.05 Å². The van der Waals surface area contributed by atoms with Crippen molar-refractivity contribution in [3.63, 3.8) is 0 Å².